The summed E-state index contributed by atoms with van der Waals surface area (Å²) in [7, 11) is 0. The van der Waals surface area contributed by atoms with Gasteiger partial charge in [0.1, 0.15) is 5.75 Å². The highest BCUT2D eigenvalue weighted by Gasteiger charge is 2.34. The highest BCUT2D eigenvalue weighted by atomic mass is 19.4. The molecule has 0 spiro atoms. The second-order valence-corrected chi connectivity index (χ2v) is 5.62. The first-order valence-corrected chi connectivity index (χ1v) is 8.24. The van der Waals surface area contributed by atoms with Crippen LogP contribution in [0.1, 0.15) is 28.4 Å². The van der Waals surface area contributed by atoms with Crippen molar-refractivity contribution >= 4 is 11.8 Å². The minimum Gasteiger partial charge on any atom is -0.483 e. The average Bonchev–Trinajstić information content (AvgIpc) is 2.64. The van der Waals surface area contributed by atoms with Gasteiger partial charge in [-0.05, 0) is 36.8 Å². The summed E-state index contributed by atoms with van der Waals surface area (Å²) >= 11 is 0. The van der Waals surface area contributed by atoms with E-state index in [1.54, 1.807) is 31.2 Å². The number of benzene rings is 2. The average molecular weight is 380 g/mol. The van der Waals surface area contributed by atoms with Crippen molar-refractivity contribution in [3.05, 3.63) is 65.2 Å². The highest BCUT2D eigenvalue weighted by molar-refractivity contribution is 5.94. The van der Waals surface area contributed by atoms with Crippen molar-refractivity contribution in [3.63, 3.8) is 0 Å². The quantitative estimate of drug-likeness (QED) is 0.776. The molecule has 5 nitrogen and oxygen atoms in total. The molecule has 8 heteroatoms. The van der Waals surface area contributed by atoms with Crippen LogP contribution in [0.15, 0.2) is 48.5 Å². The Labute approximate surface area is 154 Å². The molecule has 0 atom stereocenters. The number of nitrogens with one attached hydrogen (secondary N) is 2. The van der Waals surface area contributed by atoms with Gasteiger partial charge in [0.2, 0.25) is 0 Å². The van der Waals surface area contributed by atoms with Gasteiger partial charge < -0.3 is 15.4 Å². The van der Waals surface area contributed by atoms with Crippen molar-refractivity contribution < 1.29 is 27.5 Å². The number of halogens is 3. The van der Waals surface area contributed by atoms with E-state index in [-0.39, 0.29) is 12.5 Å². The molecule has 0 aliphatic carbocycles. The minimum atomic E-state index is -4.56. The third kappa shape index (κ3) is 6.02. The smallest absolute Gasteiger partial charge is 0.419 e. The number of amides is 2. The van der Waals surface area contributed by atoms with Gasteiger partial charge in [-0.25, -0.2) is 0 Å². The van der Waals surface area contributed by atoms with E-state index < -0.39 is 30.0 Å². The Morgan fingerprint density at radius 3 is 2.48 bits per heavy atom. The van der Waals surface area contributed by atoms with E-state index in [0.717, 1.165) is 12.1 Å². The fourth-order valence-electron chi connectivity index (χ4n) is 2.31. The Kier molecular flexibility index (Phi) is 6.81. The maximum atomic E-state index is 12.9. The van der Waals surface area contributed by atoms with Gasteiger partial charge in [-0.3, -0.25) is 9.59 Å². The van der Waals surface area contributed by atoms with Gasteiger partial charge in [0.25, 0.3) is 11.8 Å². The molecular formula is C19H19F3N2O3. The normalized spacial score (nSPS) is 11.0. The van der Waals surface area contributed by atoms with Crippen LogP contribution in [0.4, 0.5) is 13.2 Å². The molecule has 0 aliphatic heterocycles. The van der Waals surface area contributed by atoms with Gasteiger partial charge in [0.15, 0.2) is 6.61 Å². The predicted octanol–water partition coefficient (Wildman–Crippen LogP) is 3.15. The van der Waals surface area contributed by atoms with Crippen LogP contribution in [0.3, 0.4) is 0 Å². The van der Waals surface area contributed by atoms with Crippen molar-refractivity contribution in [3.8, 4) is 5.75 Å². The maximum Gasteiger partial charge on any atom is 0.419 e. The third-order valence-corrected chi connectivity index (χ3v) is 3.57. The molecule has 0 bridgehead atoms. The van der Waals surface area contributed by atoms with Crippen LogP contribution in [-0.4, -0.2) is 25.0 Å². The summed E-state index contributed by atoms with van der Waals surface area (Å²) in [5.41, 5.74) is 0.203. The lowest BCUT2D eigenvalue weighted by molar-refractivity contribution is -0.139. The molecule has 0 saturated carbocycles. The van der Waals surface area contributed by atoms with Crippen molar-refractivity contribution in [2.45, 2.75) is 19.6 Å². The molecule has 2 rings (SSSR count). The zero-order chi connectivity index (χ0) is 19.9. The van der Waals surface area contributed by atoms with Crippen LogP contribution in [0.2, 0.25) is 0 Å². The SMILES string of the molecule is CCNC(=O)c1cccc(CNC(=O)COc2ccccc2C(F)(F)F)c1. The molecule has 0 heterocycles. The molecule has 27 heavy (non-hydrogen) atoms. The second kappa shape index (κ2) is 9.07. The lowest BCUT2D eigenvalue weighted by Gasteiger charge is -2.13. The van der Waals surface area contributed by atoms with Crippen molar-refractivity contribution in [1.29, 1.82) is 0 Å². The maximum absolute atomic E-state index is 12.9. The molecule has 0 unspecified atom stereocenters. The van der Waals surface area contributed by atoms with E-state index in [0.29, 0.717) is 17.7 Å². The fourth-order valence-corrected chi connectivity index (χ4v) is 2.31. The monoisotopic (exact) mass is 380 g/mol. The molecule has 0 aliphatic rings. The molecule has 2 amide bonds. The molecular weight excluding hydrogens is 361 g/mol. The number of carbonyl (C=O) groups excluding carboxylic acids is 2. The summed E-state index contributed by atoms with van der Waals surface area (Å²) in [6.45, 7) is 1.87. The summed E-state index contributed by atoms with van der Waals surface area (Å²) in [6, 6.07) is 11.4. The van der Waals surface area contributed by atoms with Crippen LogP contribution in [0, 0.1) is 0 Å². The molecule has 0 aromatic heterocycles. The molecule has 0 radical (unpaired) electrons. The molecule has 2 aromatic carbocycles. The van der Waals surface area contributed by atoms with Crippen LogP contribution in [-0.2, 0) is 17.5 Å². The van der Waals surface area contributed by atoms with E-state index in [9.17, 15) is 22.8 Å². The van der Waals surface area contributed by atoms with Gasteiger partial charge in [-0.2, -0.15) is 13.2 Å². The Bertz CT molecular complexity index is 807. The third-order valence-electron chi connectivity index (χ3n) is 3.57. The molecule has 0 saturated heterocycles. The summed E-state index contributed by atoms with van der Waals surface area (Å²) in [5, 5.41) is 5.22. The summed E-state index contributed by atoms with van der Waals surface area (Å²) in [6.07, 6.45) is -4.56. The number of hydrogen-bond acceptors (Lipinski definition) is 3. The van der Waals surface area contributed by atoms with Crippen LogP contribution in [0.25, 0.3) is 0 Å². The van der Waals surface area contributed by atoms with E-state index in [1.165, 1.54) is 12.1 Å². The number of alkyl halides is 3. The molecule has 2 aromatic rings. The summed E-state index contributed by atoms with van der Waals surface area (Å²) < 4.78 is 43.7. The Morgan fingerprint density at radius 1 is 1.04 bits per heavy atom. The Morgan fingerprint density at radius 2 is 1.78 bits per heavy atom. The van der Waals surface area contributed by atoms with E-state index in [1.807, 2.05) is 0 Å². The number of carbonyl (C=O) groups is 2. The second-order valence-electron chi connectivity index (χ2n) is 5.62. The number of para-hydroxylation sites is 1. The van der Waals surface area contributed by atoms with E-state index >= 15 is 0 Å². The van der Waals surface area contributed by atoms with Crippen molar-refractivity contribution in [2.24, 2.45) is 0 Å². The van der Waals surface area contributed by atoms with Gasteiger partial charge in [0.05, 0.1) is 5.56 Å². The first-order chi connectivity index (χ1) is 12.8. The zero-order valence-electron chi connectivity index (χ0n) is 14.6. The van der Waals surface area contributed by atoms with Gasteiger partial charge in [-0.1, -0.05) is 24.3 Å². The largest absolute Gasteiger partial charge is 0.483 e. The number of rotatable bonds is 7. The lowest BCUT2D eigenvalue weighted by Crippen LogP contribution is -2.29. The minimum absolute atomic E-state index is 0.121. The molecule has 2 N–H and O–H groups in total. The standard InChI is InChI=1S/C19H19F3N2O3/c1-2-23-18(26)14-7-5-6-13(10-14)11-24-17(25)12-27-16-9-4-3-8-15(16)19(20,21)22/h3-10H,2,11-12H2,1H3,(H,23,26)(H,24,25). The number of ether oxygens (including phenoxy) is 1. The first-order valence-electron chi connectivity index (χ1n) is 8.24. The van der Waals surface area contributed by atoms with Crippen LogP contribution >= 0.6 is 0 Å². The van der Waals surface area contributed by atoms with Crippen molar-refractivity contribution in [2.75, 3.05) is 13.2 Å². The Balaban J connectivity index is 1.91. The Hall–Kier alpha value is -3.03. The number of hydrogen-bond donors (Lipinski definition) is 2. The van der Waals surface area contributed by atoms with Crippen LogP contribution < -0.4 is 15.4 Å². The topological polar surface area (TPSA) is 67.4 Å². The van der Waals surface area contributed by atoms with Gasteiger partial charge in [-0.15, -0.1) is 0 Å². The zero-order valence-corrected chi connectivity index (χ0v) is 14.6. The fraction of sp³-hybridized carbons (Fsp3) is 0.263. The summed E-state index contributed by atoms with van der Waals surface area (Å²) in [4.78, 5) is 23.7. The lowest BCUT2D eigenvalue weighted by atomic mass is 10.1. The van der Waals surface area contributed by atoms with Gasteiger partial charge >= 0.3 is 6.18 Å². The summed E-state index contributed by atoms with van der Waals surface area (Å²) in [5.74, 6) is -1.20. The predicted molar refractivity (Wildman–Crippen MR) is 93.2 cm³/mol. The van der Waals surface area contributed by atoms with E-state index in [4.69, 9.17) is 4.74 Å². The van der Waals surface area contributed by atoms with Crippen LogP contribution in [0.5, 0.6) is 5.75 Å². The van der Waals surface area contributed by atoms with E-state index in [2.05, 4.69) is 10.6 Å². The molecule has 144 valence electrons. The van der Waals surface area contributed by atoms with Crippen molar-refractivity contribution in [1.82, 2.24) is 10.6 Å². The first kappa shape index (κ1) is 20.3. The molecule has 0 fully saturated rings. The van der Waals surface area contributed by atoms with Gasteiger partial charge in [0, 0.05) is 18.7 Å². The highest BCUT2D eigenvalue weighted by Crippen LogP contribution is 2.35.